The van der Waals surface area contributed by atoms with Crippen LogP contribution in [0.2, 0.25) is 0 Å². The predicted octanol–water partition coefficient (Wildman–Crippen LogP) is 14.4. The summed E-state index contributed by atoms with van der Waals surface area (Å²) >= 11 is 0. The van der Waals surface area contributed by atoms with Crippen LogP contribution in [0.15, 0.2) is 200 Å². The molecule has 55 heavy (non-hydrogen) atoms. The first-order valence-electron chi connectivity index (χ1n) is 19.2. The molecule has 9 aromatic carbocycles. The highest BCUT2D eigenvalue weighted by atomic mass is 16.5. The van der Waals surface area contributed by atoms with Crippen molar-refractivity contribution < 1.29 is 4.74 Å². The van der Waals surface area contributed by atoms with Gasteiger partial charge in [0.25, 0.3) is 0 Å². The molecule has 1 heteroatoms. The van der Waals surface area contributed by atoms with Gasteiger partial charge in [0.05, 0.1) is 0 Å². The summed E-state index contributed by atoms with van der Waals surface area (Å²) in [6.45, 7) is 0. The molecule has 11 rings (SSSR count). The van der Waals surface area contributed by atoms with Gasteiger partial charge in [-0.3, -0.25) is 0 Å². The smallest absolute Gasteiger partial charge is 0.128 e. The normalized spacial score (nSPS) is 14.7. The fraction of sp³-hybridized carbons (Fsp3) is 0.0370. The SMILES string of the molecule is C1=C(c2cc(-c3ccc4ccc(-c5ccccc5)cc4c3)cc(-c3cc4ccccc4c4ccccc34)c2)C=C2c3cc(-c4ccccc4)ccc3OC2C1. The molecule has 0 N–H and O–H groups in total. The van der Waals surface area contributed by atoms with Gasteiger partial charge in [-0.1, -0.05) is 146 Å². The number of benzene rings is 9. The fourth-order valence-electron chi connectivity index (χ4n) is 8.71. The lowest BCUT2D eigenvalue weighted by Crippen LogP contribution is -2.13. The van der Waals surface area contributed by atoms with Gasteiger partial charge in [0.15, 0.2) is 0 Å². The molecule has 0 saturated carbocycles. The monoisotopic (exact) mass is 700 g/mol. The van der Waals surface area contributed by atoms with Crippen LogP contribution in [0, 0.1) is 0 Å². The minimum atomic E-state index is 0.0242. The van der Waals surface area contributed by atoms with Crippen LogP contribution < -0.4 is 4.74 Å². The van der Waals surface area contributed by atoms with Crippen LogP contribution in [0.3, 0.4) is 0 Å². The van der Waals surface area contributed by atoms with Crippen LogP contribution in [0.5, 0.6) is 5.75 Å². The Bertz CT molecular complexity index is 3020. The summed E-state index contributed by atoms with van der Waals surface area (Å²) in [7, 11) is 0. The molecule has 1 nitrogen and oxygen atoms in total. The number of ether oxygens (including phenoxy) is 1. The first-order valence-corrected chi connectivity index (χ1v) is 19.2. The molecule has 0 radical (unpaired) electrons. The molecule has 1 unspecified atom stereocenters. The van der Waals surface area contributed by atoms with E-state index in [0.717, 1.165) is 12.2 Å². The maximum Gasteiger partial charge on any atom is 0.128 e. The number of hydrogen-bond acceptors (Lipinski definition) is 1. The zero-order chi connectivity index (χ0) is 36.3. The first-order chi connectivity index (χ1) is 27.2. The average molecular weight is 701 g/mol. The Labute approximate surface area is 321 Å². The van der Waals surface area contributed by atoms with Crippen molar-refractivity contribution >= 4 is 43.5 Å². The molecular formula is C54H36O. The van der Waals surface area contributed by atoms with Crippen molar-refractivity contribution in [1.82, 2.24) is 0 Å². The van der Waals surface area contributed by atoms with E-state index in [-0.39, 0.29) is 6.10 Å². The van der Waals surface area contributed by atoms with Crippen LogP contribution in [0.25, 0.3) is 88.0 Å². The van der Waals surface area contributed by atoms with E-state index in [4.69, 9.17) is 4.74 Å². The molecule has 1 heterocycles. The Kier molecular flexibility index (Phi) is 7.38. The molecule has 2 aliphatic rings. The molecule has 258 valence electrons. The van der Waals surface area contributed by atoms with E-state index in [1.54, 1.807) is 0 Å². The van der Waals surface area contributed by atoms with E-state index in [1.165, 1.54) is 99.1 Å². The number of allylic oxidation sites excluding steroid dienone is 2. The van der Waals surface area contributed by atoms with Crippen LogP contribution in [-0.4, -0.2) is 6.10 Å². The molecule has 0 fully saturated rings. The third-order valence-corrected chi connectivity index (χ3v) is 11.5. The summed E-state index contributed by atoms with van der Waals surface area (Å²) in [6, 6.07) is 68.7. The highest BCUT2D eigenvalue weighted by molar-refractivity contribution is 6.14. The Morgan fingerprint density at radius 1 is 0.364 bits per heavy atom. The maximum absolute atomic E-state index is 6.53. The van der Waals surface area contributed by atoms with Gasteiger partial charge in [-0.25, -0.2) is 0 Å². The fourth-order valence-corrected chi connectivity index (χ4v) is 8.71. The lowest BCUT2D eigenvalue weighted by atomic mass is 9.85. The van der Waals surface area contributed by atoms with Gasteiger partial charge in [-0.05, 0) is 143 Å². The van der Waals surface area contributed by atoms with Gasteiger partial charge >= 0.3 is 0 Å². The summed E-state index contributed by atoms with van der Waals surface area (Å²) in [5, 5.41) is 7.54. The van der Waals surface area contributed by atoms with Crippen molar-refractivity contribution in [2.45, 2.75) is 12.5 Å². The van der Waals surface area contributed by atoms with Crippen molar-refractivity contribution in [3.63, 3.8) is 0 Å². The lowest BCUT2D eigenvalue weighted by Gasteiger charge is -2.19. The summed E-state index contributed by atoms with van der Waals surface area (Å²) in [4.78, 5) is 0. The van der Waals surface area contributed by atoms with Crippen LogP contribution in [-0.2, 0) is 0 Å². The van der Waals surface area contributed by atoms with Gasteiger partial charge in [0.1, 0.15) is 11.9 Å². The second-order valence-corrected chi connectivity index (χ2v) is 14.8. The van der Waals surface area contributed by atoms with Crippen molar-refractivity contribution in [2.24, 2.45) is 0 Å². The van der Waals surface area contributed by atoms with Crippen molar-refractivity contribution in [3.8, 4) is 50.3 Å². The average Bonchev–Trinajstić information content (AvgIpc) is 3.63. The van der Waals surface area contributed by atoms with E-state index >= 15 is 0 Å². The van der Waals surface area contributed by atoms with E-state index in [9.17, 15) is 0 Å². The molecule has 1 atom stereocenters. The van der Waals surface area contributed by atoms with Crippen molar-refractivity contribution in [1.29, 1.82) is 0 Å². The van der Waals surface area contributed by atoms with E-state index in [2.05, 4.69) is 200 Å². The molecule has 0 aromatic heterocycles. The molecule has 1 aliphatic carbocycles. The topological polar surface area (TPSA) is 9.23 Å². The Morgan fingerprint density at radius 2 is 0.964 bits per heavy atom. The number of hydrogen-bond donors (Lipinski definition) is 0. The summed E-state index contributed by atoms with van der Waals surface area (Å²) < 4.78 is 6.53. The highest BCUT2D eigenvalue weighted by Crippen LogP contribution is 2.46. The van der Waals surface area contributed by atoms with E-state index in [1.807, 2.05) is 0 Å². The Morgan fingerprint density at radius 3 is 1.73 bits per heavy atom. The van der Waals surface area contributed by atoms with Gasteiger partial charge in [-0.15, -0.1) is 0 Å². The summed E-state index contributed by atoms with van der Waals surface area (Å²) in [6.07, 6.45) is 5.60. The maximum atomic E-state index is 6.53. The zero-order valence-corrected chi connectivity index (χ0v) is 30.2. The Hall–Kier alpha value is -6.96. The Balaban J connectivity index is 1.09. The number of rotatable bonds is 5. The first kappa shape index (κ1) is 31.6. The molecule has 0 amide bonds. The minimum absolute atomic E-state index is 0.0242. The standard InChI is InChI=1S/C54H36O/c1-3-11-35(12-4-1)38-21-19-37-20-22-39(28-43(37)27-38)44-29-45(31-46(30-44)50-34-42-15-7-8-16-47(42)48-17-9-10-18-49(48)50)41-24-26-54-52(33-41)51-32-40(23-25-53(51)55-54)36-13-5-2-6-14-36/h1-25,27-34,54H,26H2. The third-order valence-electron chi connectivity index (χ3n) is 11.5. The second-order valence-electron chi connectivity index (χ2n) is 14.8. The van der Waals surface area contributed by atoms with Gasteiger partial charge in [0, 0.05) is 17.6 Å². The molecule has 9 aromatic rings. The highest BCUT2D eigenvalue weighted by Gasteiger charge is 2.31. The van der Waals surface area contributed by atoms with Crippen LogP contribution in [0.1, 0.15) is 17.5 Å². The van der Waals surface area contributed by atoms with Gasteiger partial charge < -0.3 is 4.74 Å². The molecule has 0 saturated heterocycles. The number of fused-ring (bicyclic) bond motifs is 7. The second kappa shape index (κ2) is 12.9. The van der Waals surface area contributed by atoms with Crippen LogP contribution >= 0.6 is 0 Å². The molecule has 0 bridgehead atoms. The van der Waals surface area contributed by atoms with Crippen LogP contribution in [0.4, 0.5) is 0 Å². The lowest BCUT2D eigenvalue weighted by molar-refractivity contribution is 0.279. The molecule has 1 aliphatic heterocycles. The van der Waals surface area contributed by atoms with E-state index < -0.39 is 0 Å². The van der Waals surface area contributed by atoms with E-state index in [0.29, 0.717) is 0 Å². The molecular weight excluding hydrogens is 665 g/mol. The zero-order valence-electron chi connectivity index (χ0n) is 30.2. The van der Waals surface area contributed by atoms with Gasteiger partial charge in [-0.2, -0.15) is 0 Å². The van der Waals surface area contributed by atoms with Crippen molar-refractivity contribution in [3.05, 3.63) is 211 Å². The molecule has 0 spiro atoms. The minimum Gasteiger partial charge on any atom is -0.485 e. The quantitative estimate of drug-likeness (QED) is 0.162. The summed E-state index contributed by atoms with van der Waals surface area (Å²) in [5.74, 6) is 0.966. The third kappa shape index (κ3) is 5.56. The van der Waals surface area contributed by atoms with Crippen molar-refractivity contribution in [2.75, 3.05) is 0 Å². The largest absolute Gasteiger partial charge is 0.485 e. The summed E-state index contributed by atoms with van der Waals surface area (Å²) in [5.41, 5.74) is 14.6. The van der Waals surface area contributed by atoms with Gasteiger partial charge in [0.2, 0.25) is 0 Å². The predicted molar refractivity (Wildman–Crippen MR) is 232 cm³/mol.